The lowest BCUT2D eigenvalue weighted by Gasteiger charge is -2.26. The maximum Gasteiger partial charge on any atom is 0.312 e. The highest BCUT2D eigenvalue weighted by Gasteiger charge is 2.31. The molecular formula is C16H24N2O2S. The highest BCUT2D eigenvalue weighted by Crippen LogP contribution is 2.39. The molecule has 0 bridgehead atoms. The molecule has 0 aromatic carbocycles. The molecule has 1 saturated carbocycles. The molecule has 1 aromatic heterocycles. The monoisotopic (exact) mass is 308 g/mol. The van der Waals surface area contributed by atoms with Crippen molar-refractivity contribution in [2.75, 3.05) is 11.9 Å². The second kappa shape index (κ2) is 6.34. The number of hydrogen-bond acceptors (Lipinski definition) is 4. The predicted molar refractivity (Wildman–Crippen MR) is 85.3 cm³/mol. The highest BCUT2D eigenvalue weighted by molar-refractivity contribution is 7.15. The van der Waals surface area contributed by atoms with Crippen LogP contribution in [-0.2, 0) is 11.2 Å². The molecule has 5 heteroatoms. The average molecular weight is 308 g/mol. The average Bonchev–Trinajstić information content (AvgIpc) is 2.72. The Kier molecular flexibility index (Phi) is 4.48. The highest BCUT2D eigenvalue weighted by atomic mass is 32.1. The SMILES string of the molecule is CN(c1nc2c(s1)CCCC2C(=O)O)C1CCCCCC1. The maximum absolute atomic E-state index is 11.4. The number of anilines is 1. The van der Waals surface area contributed by atoms with E-state index in [1.807, 2.05) is 0 Å². The lowest BCUT2D eigenvalue weighted by molar-refractivity contribution is -0.139. The number of carboxylic acid groups (broad SMARTS) is 1. The third kappa shape index (κ3) is 3.07. The summed E-state index contributed by atoms with van der Waals surface area (Å²) in [4.78, 5) is 19.6. The summed E-state index contributed by atoms with van der Waals surface area (Å²) >= 11 is 1.72. The molecule has 1 fully saturated rings. The molecule has 0 aliphatic heterocycles. The van der Waals surface area contributed by atoms with E-state index in [1.54, 1.807) is 11.3 Å². The van der Waals surface area contributed by atoms with E-state index < -0.39 is 5.97 Å². The zero-order valence-electron chi connectivity index (χ0n) is 12.7. The summed E-state index contributed by atoms with van der Waals surface area (Å²) in [7, 11) is 2.13. The molecule has 21 heavy (non-hydrogen) atoms. The normalized spacial score (nSPS) is 23.4. The Labute approximate surface area is 130 Å². The third-order valence-corrected chi connectivity index (χ3v) is 6.14. The van der Waals surface area contributed by atoms with Gasteiger partial charge >= 0.3 is 5.97 Å². The standard InChI is InChI=1S/C16H24N2O2S/c1-18(11-7-4-2-3-5-8-11)16-17-14-12(15(19)20)9-6-10-13(14)21-16/h11-12H,2-10H2,1H3,(H,19,20). The number of thiazole rings is 1. The van der Waals surface area contributed by atoms with Crippen molar-refractivity contribution < 1.29 is 9.90 Å². The van der Waals surface area contributed by atoms with Gasteiger partial charge in [-0.2, -0.15) is 0 Å². The number of carbonyl (C=O) groups is 1. The van der Waals surface area contributed by atoms with Crippen LogP contribution in [0.5, 0.6) is 0 Å². The molecule has 1 N–H and O–H groups in total. The van der Waals surface area contributed by atoms with Crippen molar-refractivity contribution in [3.63, 3.8) is 0 Å². The van der Waals surface area contributed by atoms with Crippen LogP contribution in [0.4, 0.5) is 5.13 Å². The largest absolute Gasteiger partial charge is 0.481 e. The van der Waals surface area contributed by atoms with Crippen LogP contribution in [0.1, 0.15) is 67.9 Å². The summed E-state index contributed by atoms with van der Waals surface area (Å²) in [6.07, 6.45) is 10.5. The Morgan fingerprint density at radius 3 is 2.57 bits per heavy atom. The molecule has 0 spiro atoms. The zero-order chi connectivity index (χ0) is 14.8. The number of aryl methyl sites for hydroxylation is 1. The first-order chi connectivity index (χ1) is 10.2. The molecule has 2 aliphatic carbocycles. The summed E-state index contributed by atoms with van der Waals surface area (Å²) in [5, 5.41) is 10.4. The summed E-state index contributed by atoms with van der Waals surface area (Å²) in [5.74, 6) is -1.11. The predicted octanol–water partition coefficient (Wildman–Crippen LogP) is 3.81. The molecule has 1 aromatic rings. The number of rotatable bonds is 3. The number of fused-ring (bicyclic) bond motifs is 1. The van der Waals surface area contributed by atoms with Gasteiger partial charge in [-0.3, -0.25) is 4.79 Å². The molecule has 0 amide bonds. The van der Waals surface area contributed by atoms with Gasteiger partial charge in [0.2, 0.25) is 0 Å². The van der Waals surface area contributed by atoms with Gasteiger partial charge in [0.1, 0.15) is 5.92 Å². The van der Waals surface area contributed by atoms with Crippen LogP contribution in [0.15, 0.2) is 0 Å². The first-order valence-corrected chi connectivity index (χ1v) is 8.93. The van der Waals surface area contributed by atoms with Gasteiger partial charge in [0.15, 0.2) is 5.13 Å². The number of hydrogen-bond donors (Lipinski definition) is 1. The fourth-order valence-electron chi connectivity index (χ4n) is 3.60. The topological polar surface area (TPSA) is 53.4 Å². The lowest BCUT2D eigenvalue weighted by atomic mass is 9.91. The van der Waals surface area contributed by atoms with Gasteiger partial charge in [0.25, 0.3) is 0 Å². The van der Waals surface area contributed by atoms with E-state index in [4.69, 9.17) is 4.98 Å². The molecule has 2 aliphatic rings. The number of aliphatic carboxylic acids is 1. The second-order valence-electron chi connectivity index (χ2n) is 6.34. The van der Waals surface area contributed by atoms with Gasteiger partial charge in [-0.15, -0.1) is 11.3 Å². The first kappa shape index (κ1) is 14.8. The molecule has 1 atom stereocenters. The van der Waals surface area contributed by atoms with E-state index in [-0.39, 0.29) is 5.92 Å². The Hall–Kier alpha value is -1.10. The minimum Gasteiger partial charge on any atom is -0.481 e. The Balaban J connectivity index is 1.81. The first-order valence-electron chi connectivity index (χ1n) is 8.12. The van der Waals surface area contributed by atoms with Crippen molar-refractivity contribution in [3.05, 3.63) is 10.6 Å². The summed E-state index contributed by atoms with van der Waals surface area (Å²) in [6.45, 7) is 0. The number of carboxylic acids is 1. The molecule has 0 saturated heterocycles. The zero-order valence-corrected chi connectivity index (χ0v) is 13.5. The Morgan fingerprint density at radius 2 is 1.90 bits per heavy atom. The molecule has 1 heterocycles. The van der Waals surface area contributed by atoms with E-state index >= 15 is 0 Å². The van der Waals surface area contributed by atoms with E-state index in [0.29, 0.717) is 6.04 Å². The van der Waals surface area contributed by atoms with Crippen molar-refractivity contribution in [1.82, 2.24) is 4.98 Å². The molecule has 4 nitrogen and oxygen atoms in total. The van der Waals surface area contributed by atoms with E-state index in [1.165, 1.54) is 43.4 Å². The Morgan fingerprint density at radius 1 is 1.19 bits per heavy atom. The van der Waals surface area contributed by atoms with Crippen LogP contribution >= 0.6 is 11.3 Å². The number of nitrogens with zero attached hydrogens (tertiary/aromatic N) is 2. The second-order valence-corrected chi connectivity index (χ2v) is 7.41. The molecule has 116 valence electrons. The van der Waals surface area contributed by atoms with Crippen LogP contribution in [0.2, 0.25) is 0 Å². The minimum atomic E-state index is -0.718. The Bertz CT molecular complexity index is 506. The van der Waals surface area contributed by atoms with E-state index in [9.17, 15) is 9.90 Å². The molecular weight excluding hydrogens is 284 g/mol. The van der Waals surface area contributed by atoms with Crippen molar-refractivity contribution in [2.45, 2.75) is 69.7 Å². The summed E-state index contributed by atoms with van der Waals surface area (Å²) in [5.41, 5.74) is 0.842. The van der Waals surface area contributed by atoms with Gasteiger partial charge < -0.3 is 10.0 Å². The van der Waals surface area contributed by atoms with Crippen LogP contribution in [0.3, 0.4) is 0 Å². The van der Waals surface area contributed by atoms with Crippen molar-refractivity contribution in [1.29, 1.82) is 0 Å². The summed E-state index contributed by atoms with van der Waals surface area (Å²) < 4.78 is 0. The van der Waals surface area contributed by atoms with Crippen LogP contribution in [0, 0.1) is 0 Å². The maximum atomic E-state index is 11.4. The summed E-state index contributed by atoms with van der Waals surface area (Å²) in [6, 6.07) is 0.573. The van der Waals surface area contributed by atoms with Crippen molar-refractivity contribution in [2.24, 2.45) is 0 Å². The fraction of sp³-hybridized carbons (Fsp3) is 0.750. The van der Waals surface area contributed by atoms with Gasteiger partial charge in [-0.25, -0.2) is 4.98 Å². The van der Waals surface area contributed by atoms with Gasteiger partial charge in [0, 0.05) is 18.0 Å². The third-order valence-electron chi connectivity index (χ3n) is 4.92. The van der Waals surface area contributed by atoms with Crippen LogP contribution in [0.25, 0.3) is 0 Å². The van der Waals surface area contributed by atoms with E-state index in [0.717, 1.165) is 30.1 Å². The van der Waals surface area contributed by atoms with E-state index in [2.05, 4.69) is 11.9 Å². The molecule has 0 radical (unpaired) electrons. The fourth-order valence-corrected chi connectivity index (χ4v) is 4.79. The van der Waals surface area contributed by atoms with Gasteiger partial charge in [-0.05, 0) is 32.1 Å². The van der Waals surface area contributed by atoms with Crippen molar-refractivity contribution >= 4 is 22.4 Å². The van der Waals surface area contributed by atoms with Crippen LogP contribution in [-0.4, -0.2) is 29.1 Å². The van der Waals surface area contributed by atoms with Crippen LogP contribution < -0.4 is 4.90 Å². The van der Waals surface area contributed by atoms with Gasteiger partial charge in [0.05, 0.1) is 5.69 Å². The molecule has 1 unspecified atom stereocenters. The van der Waals surface area contributed by atoms with Gasteiger partial charge in [-0.1, -0.05) is 25.7 Å². The van der Waals surface area contributed by atoms with Crippen molar-refractivity contribution in [3.8, 4) is 0 Å². The number of aromatic nitrogens is 1. The molecule has 3 rings (SSSR count). The smallest absolute Gasteiger partial charge is 0.312 e. The quantitative estimate of drug-likeness (QED) is 0.863. The lowest BCUT2D eigenvalue weighted by Crippen LogP contribution is -2.31. The minimum absolute atomic E-state index is 0.388.